The molecule has 4 amide bonds. The first-order chi connectivity index (χ1) is 18.7. The number of carbonyl (C=O) groups excluding carboxylic acids is 4. The molecule has 40 heavy (non-hydrogen) atoms. The van der Waals surface area contributed by atoms with Crippen molar-refractivity contribution in [3.05, 3.63) is 10.4 Å². The zero-order valence-electron chi connectivity index (χ0n) is 24.9. The number of hydrogen-bond donors (Lipinski definition) is 5. The fourth-order valence-electron chi connectivity index (χ4n) is 4.73. The second-order valence-corrected chi connectivity index (χ2v) is 15.9. The summed E-state index contributed by atoms with van der Waals surface area (Å²) in [5, 5.41) is 21.8. The van der Waals surface area contributed by atoms with Gasteiger partial charge in [-0.3, -0.25) is 9.59 Å². The van der Waals surface area contributed by atoms with Crippen LogP contribution >= 0.6 is 19.7 Å². The SMILES string of the molecule is CCC(C)(CC(C)(CC(C)(C)C(=O)NCCCCCC(=O)[NH][Ga][I])C(=O)NCCCN=[N+]=[N-])C(=O)NCC(C)O. The van der Waals surface area contributed by atoms with Crippen LogP contribution in [0.5, 0.6) is 0 Å². The van der Waals surface area contributed by atoms with E-state index in [0.717, 1.165) is 19.3 Å². The number of halogens is 1. The summed E-state index contributed by atoms with van der Waals surface area (Å²) in [6.07, 6.45) is 3.47. The van der Waals surface area contributed by atoms with Crippen molar-refractivity contribution < 1.29 is 24.3 Å². The van der Waals surface area contributed by atoms with E-state index in [1.165, 1.54) is 0 Å². The number of aliphatic hydroxyl groups is 1. The minimum atomic E-state index is -1.07. The second kappa shape index (κ2) is 19.6. The Morgan fingerprint density at radius 1 is 0.925 bits per heavy atom. The number of aliphatic hydroxyl groups excluding tert-OH is 1. The quantitative estimate of drug-likeness (QED) is 0.0302. The number of nitrogens with one attached hydrogen (secondary N) is 4. The third-order valence-corrected chi connectivity index (χ3v) is 9.55. The van der Waals surface area contributed by atoms with Crippen molar-refractivity contribution in [3.8, 4) is 0 Å². The summed E-state index contributed by atoms with van der Waals surface area (Å²) >= 11 is 1.58. The van der Waals surface area contributed by atoms with Crippen LogP contribution in [-0.4, -0.2) is 75.1 Å². The number of carbonyl (C=O) groups is 4. The van der Waals surface area contributed by atoms with Crippen LogP contribution in [0.3, 0.4) is 0 Å². The van der Waals surface area contributed by atoms with Gasteiger partial charge in [-0.05, 0) is 31.7 Å². The number of azide groups is 1. The number of rotatable bonds is 21. The normalized spacial score (nSPS) is 14.9. The molecule has 0 saturated heterocycles. The molecule has 0 bridgehead atoms. The van der Waals surface area contributed by atoms with Crippen molar-refractivity contribution in [2.75, 3.05) is 26.2 Å². The molecular weight excluding hydrogens is 687 g/mol. The van der Waals surface area contributed by atoms with Crippen LogP contribution in [0.2, 0.25) is 0 Å². The van der Waals surface area contributed by atoms with Gasteiger partial charge in [0.25, 0.3) is 0 Å². The Hall–Kier alpha value is -1.48. The molecule has 3 atom stereocenters. The maximum atomic E-state index is 13.6. The summed E-state index contributed by atoms with van der Waals surface area (Å²) in [5.74, 6) is -0.615. The van der Waals surface area contributed by atoms with Gasteiger partial charge in [0.1, 0.15) is 0 Å². The van der Waals surface area contributed by atoms with Gasteiger partial charge in [0.2, 0.25) is 11.8 Å². The topological polar surface area (TPSA) is 185 Å². The van der Waals surface area contributed by atoms with Gasteiger partial charge in [0.15, 0.2) is 0 Å². The number of hydrogen-bond acceptors (Lipinski definition) is 6. The molecule has 0 aliphatic rings. The largest absolute Gasteiger partial charge is 0.392 e. The second-order valence-electron chi connectivity index (χ2n) is 11.6. The van der Waals surface area contributed by atoms with E-state index in [1.54, 1.807) is 34.6 Å². The molecule has 3 unspecified atom stereocenters. The Morgan fingerprint density at radius 3 is 2.10 bits per heavy atom. The van der Waals surface area contributed by atoms with Gasteiger partial charge in [-0.15, -0.1) is 0 Å². The zero-order valence-corrected chi connectivity index (χ0v) is 29.5. The molecule has 0 heterocycles. The van der Waals surface area contributed by atoms with E-state index in [1.807, 2.05) is 6.92 Å². The monoisotopic (exact) mass is 734 g/mol. The van der Waals surface area contributed by atoms with Gasteiger partial charge in [-0.1, -0.05) is 25.9 Å². The van der Waals surface area contributed by atoms with E-state index in [-0.39, 0.29) is 49.6 Å². The first-order valence-corrected chi connectivity index (χ1v) is 22.5. The summed E-state index contributed by atoms with van der Waals surface area (Å²) in [4.78, 5) is 54.2. The molecule has 227 valence electrons. The summed E-state index contributed by atoms with van der Waals surface area (Å²) in [6, 6.07) is 0. The number of amides is 4. The molecule has 0 fully saturated rings. The third-order valence-electron chi connectivity index (χ3n) is 7.03. The van der Waals surface area contributed by atoms with Crippen molar-refractivity contribution in [1.29, 1.82) is 0 Å². The van der Waals surface area contributed by atoms with Crippen LogP contribution in [0.15, 0.2) is 5.11 Å². The maximum Gasteiger partial charge on any atom is 0.226 e. The molecule has 0 saturated carbocycles. The van der Waals surface area contributed by atoms with E-state index < -0.39 is 36.5 Å². The van der Waals surface area contributed by atoms with Crippen molar-refractivity contribution in [2.45, 2.75) is 99.0 Å². The van der Waals surface area contributed by atoms with Crippen molar-refractivity contribution in [3.63, 3.8) is 0 Å². The van der Waals surface area contributed by atoms with E-state index in [9.17, 15) is 24.3 Å². The minimum Gasteiger partial charge on any atom is -0.392 e. The molecule has 0 rings (SSSR count). The molecule has 0 aliphatic heterocycles. The van der Waals surface area contributed by atoms with Gasteiger partial charge < -0.3 is 15.7 Å². The molecule has 12 nitrogen and oxygen atoms in total. The van der Waals surface area contributed by atoms with Gasteiger partial charge in [-0.25, -0.2) is 0 Å². The van der Waals surface area contributed by atoms with Crippen LogP contribution in [-0.2, 0) is 19.2 Å². The van der Waals surface area contributed by atoms with Crippen molar-refractivity contribution in [1.82, 2.24) is 20.0 Å². The summed E-state index contributed by atoms with van der Waals surface area (Å²) in [5.41, 5.74) is 5.59. The van der Waals surface area contributed by atoms with Crippen molar-refractivity contribution >= 4 is 57.4 Å². The summed E-state index contributed by atoms with van der Waals surface area (Å²) in [6.45, 7) is 11.8. The van der Waals surface area contributed by atoms with Crippen LogP contribution in [0.1, 0.15) is 92.9 Å². The third kappa shape index (κ3) is 14.9. The average Bonchev–Trinajstić information content (AvgIpc) is 2.88. The number of unbranched alkanes of at least 4 members (excludes halogenated alkanes) is 2. The fraction of sp³-hybridized carbons (Fsp3) is 0.846. The molecule has 0 aromatic heterocycles. The Kier molecular flexibility index (Phi) is 18.9. The fourth-order valence-corrected chi connectivity index (χ4v) is 7.09. The molecule has 14 heteroatoms. The molecule has 0 aromatic rings. The average molecular weight is 735 g/mol. The molecular formula is C26H48GaIN7O5. The Bertz CT molecular complexity index is 886. The van der Waals surface area contributed by atoms with Gasteiger partial charge in [0.05, 0.1) is 6.10 Å². The Balaban J connectivity index is 5.52. The molecule has 0 spiro atoms. The first-order valence-electron chi connectivity index (χ1n) is 13.9. The van der Waals surface area contributed by atoms with E-state index in [4.69, 9.17) is 5.53 Å². The maximum absolute atomic E-state index is 13.6. The predicted molar refractivity (Wildman–Crippen MR) is 165 cm³/mol. The van der Waals surface area contributed by atoms with Crippen LogP contribution < -0.4 is 20.0 Å². The summed E-state index contributed by atoms with van der Waals surface area (Å²) in [7, 11) is 0. The van der Waals surface area contributed by atoms with E-state index >= 15 is 0 Å². The summed E-state index contributed by atoms with van der Waals surface area (Å²) < 4.78 is 2.91. The molecule has 0 aromatic carbocycles. The van der Waals surface area contributed by atoms with Crippen molar-refractivity contribution in [2.24, 2.45) is 21.4 Å². The predicted octanol–water partition coefficient (Wildman–Crippen LogP) is 3.29. The van der Waals surface area contributed by atoms with Gasteiger partial charge in [0, 0.05) is 30.0 Å². The minimum absolute atomic E-state index is 0.0913. The van der Waals surface area contributed by atoms with Gasteiger partial charge in [-0.2, -0.15) is 0 Å². The Morgan fingerprint density at radius 2 is 1.52 bits per heavy atom. The van der Waals surface area contributed by atoms with E-state index in [2.05, 4.69) is 49.7 Å². The van der Waals surface area contributed by atoms with Crippen LogP contribution in [0.25, 0.3) is 10.4 Å². The molecule has 0 aliphatic carbocycles. The molecule has 1 radical (unpaired) electrons. The smallest absolute Gasteiger partial charge is 0.226 e. The van der Waals surface area contributed by atoms with Crippen LogP contribution in [0, 0.1) is 16.2 Å². The standard InChI is InChI=1S/C26H49N7O5.Ga.HI/c1-7-25(5,22(37)31-16-19(2)34)18-26(6,23(38)30-14-11-15-32-33-28)17-24(3,4)21(36)29-13-10-8-9-12-20(27)35;;/h19,34H,7-18H2,1-6H3,(H5,27,29,30,31,35,36,37,38);;1H/q;+2;/p-2. The first kappa shape index (κ1) is 38.5. The van der Waals surface area contributed by atoms with Crippen LogP contribution in [0.4, 0.5) is 0 Å². The number of nitrogens with zero attached hydrogens (tertiary/aromatic N) is 3. The Labute approximate surface area is 257 Å². The van der Waals surface area contributed by atoms with E-state index in [0.29, 0.717) is 32.4 Å². The zero-order chi connectivity index (χ0) is 30.8. The van der Waals surface area contributed by atoms with Gasteiger partial charge >= 0.3 is 128 Å². The molecule has 5 N–H and O–H groups in total.